The van der Waals surface area contributed by atoms with E-state index in [1.807, 2.05) is 20.8 Å². The second kappa shape index (κ2) is 7.00. The van der Waals surface area contributed by atoms with Crippen molar-refractivity contribution >= 4 is 5.97 Å². The highest BCUT2D eigenvalue weighted by Gasteiger charge is 2.25. The molecule has 0 radical (unpaired) electrons. The fourth-order valence-corrected chi connectivity index (χ4v) is 2.11. The van der Waals surface area contributed by atoms with E-state index in [1.165, 1.54) is 0 Å². The third-order valence-corrected chi connectivity index (χ3v) is 2.74. The van der Waals surface area contributed by atoms with Crippen LogP contribution in [-0.4, -0.2) is 17.1 Å². The van der Waals surface area contributed by atoms with E-state index in [9.17, 15) is 4.79 Å². The SMILES string of the molecule is CCCC(N)(CCC)CCC(=O)OC(C)(C)C. The Morgan fingerprint density at radius 2 is 1.53 bits per heavy atom. The molecule has 102 valence electrons. The third kappa shape index (κ3) is 8.19. The van der Waals surface area contributed by atoms with Gasteiger partial charge in [0, 0.05) is 12.0 Å². The Labute approximate surface area is 106 Å². The highest BCUT2D eigenvalue weighted by atomic mass is 16.6. The van der Waals surface area contributed by atoms with Crippen LogP contribution < -0.4 is 5.73 Å². The molecule has 0 aliphatic rings. The maximum atomic E-state index is 11.6. The number of carbonyl (C=O) groups excluding carboxylic acids is 1. The van der Waals surface area contributed by atoms with Crippen molar-refractivity contribution in [3.05, 3.63) is 0 Å². The molecule has 0 aromatic carbocycles. The molecule has 0 aromatic heterocycles. The van der Waals surface area contributed by atoms with Crippen LogP contribution >= 0.6 is 0 Å². The van der Waals surface area contributed by atoms with Crippen molar-refractivity contribution in [2.24, 2.45) is 5.73 Å². The predicted octanol–water partition coefficient (Wildman–Crippen LogP) is 3.41. The quantitative estimate of drug-likeness (QED) is 0.697. The number of carbonyl (C=O) groups is 1. The number of ether oxygens (including phenoxy) is 1. The van der Waals surface area contributed by atoms with Gasteiger partial charge in [-0.15, -0.1) is 0 Å². The molecule has 0 spiro atoms. The highest BCUT2D eigenvalue weighted by molar-refractivity contribution is 5.69. The van der Waals surface area contributed by atoms with E-state index in [2.05, 4.69) is 13.8 Å². The van der Waals surface area contributed by atoms with Gasteiger partial charge in [0.15, 0.2) is 0 Å². The van der Waals surface area contributed by atoms with Gasteiger partial charge in [0.05, 0.1) is 0 Å². The monoisotopic (exact) mass is 243 g/mol. The summed E-state index contributed by atoms with van der Waals surface area (Å²) in [5.41, 5.74) is 5.73. The van der Waals surface area contributed by atoms with Gasteiger partial charge in [-0.05, 0) is 40.0 Å². The molecule has 0 saturated carbocycles. The molecule has 0 saturated heterocycles. The summed E-state index contributed by atoms with van der Waals surface area (Å²) in [5.74, 6) is -0.139. The zero-order valence-electron chi connectivity index (χ0n) is 12.1. The van der Waals surface area contributed by atoms with Crippen LogP contribution in [0.5, 0.6) is 0 Å². The zero-order chi connectivity index (χ0) is 13.5. The number of rotatable bonds is 7. The summed E-state index contributed by atoms with van der Waals surface area (Å²) in [5, 5.41) is 0. The Balaban J connectivity index is 4.17. The van der Waals surface area contributed by atoms with Crippen molar-refractivity contribution in [2.75, 3.05) is 0 Å². The van der Waals surface area contributed by atoms with Crippen LogP contribution in [0.25, 0.3) is 0 Å². The summed E-state index contributed by atoms with van der Waals surface area (Å²) < 4.78 is 5.29. The normalized spacial score (nSPS) is 12.6. The molecule has 0 rings (SSSR count). The minimum absolute atomic E-state index is 0.139. The Hall–Kier alpha value is -0.570. The first-order valence-electron chi connectivity index (χ1n) is 6.73. The van der Waals surface area contributed by atoms with E-state index < -0.39 is 5.60 Å². The zero-order valence-corrected chi connectivity index (χ0v) is 12.1. The van der Waals surface area contributed by atoms with Crippen molar-refractivity contribution in [2.45, 2.75) is 84.3 Å². The standard InChI is InChI=1S/C14H29NO2/c1-6-9-14(15,10-7-2)11-8-12(16)17-13(3,4)5/h6-11,15H2,1-5H3. The van der Waals surface area contributed by atoms with Crippen molar-refractivity contribution < 1.29 is 9.53 Å². The number of hydrogen-bond donors (Lipinski definition) is 1. The van der Waals surface area contributed by atoms with Crippen molar-refractivity contribution in [1.29, 1.82) is 0 Å². The average Bonchev–Trinajstić information content (AvgIpc) is 2.13. The first-order chi connectivity index (χ1) is 7.72. The lowest BCUT2D eigenvalue weighted by Crippen LogP contribution is -2.40. The van der Waals surface area contributed by atoms with Gasteiger partial charge in [-0.1, -0.05) is 26.7 Å². The topological polar surface area (TPSA) is 52.3 Å². The molecule has 0 heterocycles. The molecule has 17 heavy (non-hydrogen) atoms. The summed E-state index contributed by atoms with van der Waals surface area (Å²) in [6.45, 7) is 9.92. The van der Waals surface area contributed by atoms with Crippen LogP contribution in [0.1, 0.15) is 73.1 Å². The number of hydrogen-bond acceptors (Lipinski definition) is 3. The van der Waals surface area contributed by atoms with Crippen molar-refractivity contribution in [3.8, 4) is 0 Å². The van der Waals surface area contributed by atoms with Crippen LogP contribution in [0.15, 0.2) is 0 Å². The molecule has 0 fully saturated rings. The minimum atomic E-state index is -0.399. The maximum Gasteiger partial charge on any atom is 0.306 e. The second-order valence-corrected chi connectivity index (χ2v) is 5.95. The molecule has 2 N–H and O–H groups in total. The van der Waals surface area contributed by atoms with Gasteiger partial charge in [-0.2, -0.15) is 0 Å². The highest BCUT2D eigenvalue weighted by Crippen LogP contribution is 2.23. The van der Waals surface area contributed by atoms with E-state index in [4.69, 9.17) is 10.5 Å². The Bertz CT molecular complexity index is 225. The van der Waals surface area contributed by atoms with Crippen molar-refractivity contribution in [1.82, 2.24) is 0 Å². The summed E-state index contributed by atoms with van der Waals surface area (Å²) in [6.07, 6.45) is 5.22. The van der Waals surface area contributed by atoms with E-state index in [0.717, 1.165) is 32.1 Å². The second-order valence-electron chi connectivity index (χ2n) is 5.95. The molecule has 0 aliphatic heterocycles. The van der Waals surface area contributed by atoms with Gasteiger partial charge in [0.1, 0.15) is 5.60 Å². The minimum Gasteiger partial charge on any atom is -0.460 e. The Morgan fingerprint density at radius 1 is 1.06 bits per heavy atom. The molecule has 0 aromatic rings. The van der Waals surface area contributed by atoms with E-state index >= 15 is 0 Å². The summed E-state index contributed by atoms with van der Waals surface area (Å²) >= 11 is 0. The molecule has 0 bridgehead atoms. The van der Waals surface area contributed by atoms with Gasteiger partial charge in [0.25, 0.3) is 0 Å². The summed E-state index contributed by atoms with van der Waals surface area (Å²) in [7, 11) is 0. The predicted molar refractivity (Wildman–Crippen MR) is 71.8 cm³/mol. The van der Waals surface area contributed by atoms with E-state index in [-0.39, 0.29) is 11.5 Å². The van der Waals surface area contributed by atoms with Crippen LogP contribution in [0.2, 0.25) is 0 Å². The van der Waals surface area contributed by atoms with Gasteiger partial charge in [-0.25, -0.2) is 0 Å². The number of nitrogens with two attached hydrogens (primary N) is 1. The number of esters is 1. The van der Waals surface area contributed by atoms with Crippen LogP contribution in [0.3, 0.4) is 0 Å². The maximum absolute atomic E-state index is 11.6. The van der Waals surface area contributed by atoms with Crippen molar-refractivity contribution in [3.63, 3.8) is 0 Å². The lowest BCUT2D eigenvalue weighted by atomic mass is 9.85. The Kier molecular flexibility index (Phi) is 6.76. The largest absolute Gasteiger partial charge is 0.460 e. The molecule has 3 heteroatoms. The fraction of sp³-hybridized carbons (Fsp3) is 0.929. The van der Waals surface area contributed by atoms with Gasteiger partial charge in [-0.3, -0.25) is 4.79 Å². The van der Waals surface area contributed by atoms with Crippen LogP contribution in [0, 0.1) is 0 Å². The third-order valence-electron chi connectivity index (χ3n) is 2.74. The molecule has 0 amide bonds. The molecular formula is C14H29NO2. The molecule has 0 aliphatic carbocycles. The lowest BCUT2D eigenvalue weighted by Gasteiger charge is -2.29. The first-order valence-corrected chi connectivity index (χ1v) is 6.73. The van der Waals surface area contributed by atoms with Gasteiger partial charge >= 0.3 is 5.97 Å². The van der Waals surface area contributed by atoms with E-state index in [1.54, 1.807) is 0 Å². The fourth-order valence-electron chi connectivity index (χ4n) is 2.11. The average molecular weight is 243 g/mol. The first kappa shape index (κ1) is 16.4. The summed E-state index contributed by atoms with van der Waals surface area (Å²) in [6, 6.07) is 0. The molecule has 0 atom stereocenters. The van der Waals surface area contributed by atoms with Crippen LogP contribution in [0.4, 0.5) is 0 Å². The summed E-state index contributed by atoms with van der Waals surface area (Å²) in [4.78, 5) is 11.6. The van der Waals surface area contributed by atoms with Crippen LogP contribution in [-0.2, 0) is 9.53 Å². The van der Waals surface area contributed by atoms with Gasteiger partial charge < -0.3 is 10.5 Å². The molecule has 0 unspecified atom stereocenters. The Morgan fingerprint density at radius 3 is 1.88 bits per heavy atom. The smallest absolute Gasteiger partial charge is 0.306 e. The van der Waals surface area contributed by atoms with E-state index in [0.29, 0.717) is 6.42 Å². The van der Waals surface area contributed by atoms with Gasteiger partial charge in [0.2, 0.25) is 0 Å². The molecule has 3 nitrogen and oxygen atoms in total. The lowest BCUT2D eigenvalue weighted by molar-refractivity contribution is -0.155. The molecular weight excluding hydrogens is 214 g/mol.